The molecule has 0 bridgehead atoms. The van der Waals surface area contributed by atoms with Crippen molar-refractivity contribution in [2.75, 3.05) is 0 Å². The molecule has 0 spiro atoms. The summed E-state index contributed by atoms with van der Waals surface area (Å²) < 4.78 is 6.34. The Morgan fingerprint density at radius 2 is 2.06 bits per heavy atom. The van der Waals surface area contributed by atoms with Crippen molar-refractivity contribution >= 4 is 39.1 Å². The fourth-order valence-corrected chi connectivity index (χ4v) is 2.30. The molecule has 0 fully saturated rings. The van der Waals surface area contributed by atoms with Gasteiger partial charge in [-0.15, -0.1) is 0 Å². The van der Waals surface area contributed by atoms with Gasteiger partial charge in [0.15, 0.2) is 0 Å². The van der Waals surface area contributed by atoms with Crippen LogP contribution in [0.2, 0.25) is 10.0 Å². The van der Waals surface area contributed by atoms with Crippen molar-refractivity contribution in [2.45, 2.75) is 6.54 Å². The molecule has 0 unspecified atom stereocenters. The van der Waals surface area contributed by atoms with Gasteiger partial charge in [-0.3, -0.25) is 0 Å². The molecule has 2 aromatic rings. The molecule has 0 atom stereocenters. The van der Waals surface area contributed by atoms with Gasteiger partial charge in [0.05, 0.1) is 4.47 Å². The molecule has 0 aliphatic rings. The van der Waals surface area contributed by atoms with Gasteiger partial charge >= 0.3 is 0 Å². The van der Waals surface area contributed by atoms with Crippen LogP contribution >= 0.6 is 39.1 Å². The summed E-state index contributed by atoms with van der Waals surface area (Å²) in [7, 11) is 0. The number of rotatable bonds is 3. The molecule has 0 aliphatic heterocycles. The third-order valence-electron chi connectivity index (χ3n) is 2.20. The Hall–Kier alpha value is -0.810. The number of aromatic nitrogens is 1. The van der Waals surface area contributed by atoms with Crippen LogP contribution in [0.4, 0.5) is 0 Å². The second-order valence-electron chi connectivity index (χ2n) is 3.51. The van der Waals surface area contributed by atoms with Crippen LogP contribution in [0, 0.1) is 0 Å². The third-order valence-corrected chi connectivity index (χ3v) is 3.33. The van der Waals surface area contributed by atoms with Crippen molar-refractivity contribution in [2.24, 2.45) is 5.73 Å². The SMILES string of the molecule is NCc1cnc(Oc2ccc(Cl)cc2Br)c(Cl)c1. The summed E-state index contributed by atoms with van der Waals surface area (Å²) in [6.45, 7) is 0.387. The number of pyridine rings is 1. The molecule has 2 N–H and O–H groups in total. The van der Waals surface area contributed by atoms with Gasteiger partial charge in [-0.1, -0.05) is 23.2 Å². The maximum Gasteiger partial charge on any atom is 0.238 e. The van der Waals surface area contributed by atoms with Gasteiger partial charge in [0.25, 0.3) is 0 Å². The molecule has 0 saturated heterocycles. The van der Waals surface area contributed by atoms with Crippen molar-refractivity contribution in [3.63, 3.8) is 0 Å². The van der Waals surface area contributed by atoms with E-state index in [4.69, 9.17) is 33.7 Å². The van der Waals surface area contributed by atoms with E-state index in [1.165, 1.54) is 0 Å². The highest BCUT2D eigenvalue weighted by Crippen LogP contribution is 2.33. The van der Waals surface area contributed by atoms with Crippen LogP contribution in [-0.4, -0.2) is 4.98 Å². The van der Waals surface area contributed by atoms with Gasteiger partial charge in [-0.2, -0.15) is 0 Å². The Kier molecular flexibility index (Phi) is 4.45. The maximum absolute atomic E-state index is 6.06. The first-order chi connectivity index (χ1) is 8.60. The van der Waals surface area contributed by atoms with E-state index in [0.29, 0.717) is 28.2 Å². The van der Waals surface area contributed by atoms with Gasteiger partial charge in [0, 0.05) is 17.8 Å². The standard InChI is InChI=1S/C12H9BrCl2N2O/c13-9-4-8(14)1-2-11(9)18-12-10(15)3-7(5-16)6-17-12/h1-4,6H,5,16H2. The number of nitrogens with two attached hydrogens (primary N) is 1. The summed E-state index contributed by atoms with van der Waals surface area (Å²) in [5.41, 5.74) is 6.35. The number of ether oxygens (including phenoxy) is 1. The Bertz CT molecular complexity index is 578. The summed E-state index contributed by atoms with van der Waals surface area (Å²) in [6, 6.07) is 6.93. The minimum absolute atomic E-state index is 0.330. The minimum atomic E-state index is 0.330. The molecule has 0 saturated carbocycles. The quantitative estimate of drug-likeness (QED) is 0.894. The van der Waals surface area contributed by atoms with Crippen LogP contribution in [0.1, 0.15) is 5.56 Å². The van der Waals surface area contributed by atoms with E-state index in [0.717, 1.165) is 10.0 Å². The molecule has 1 heterocycles. The number of hydrogen-bond acceptors (Lipinski definition) is 3. The smallest absolute Gasteiger partial charge is 0.238 e. The number of benzene rings is 1. The highest BCUT2D eigenvalue weighted by Gasteiger charge is 2.08. The molecule has 3 nitrogen and oxygen atoms in total. The van der Waals surface area contributed by atoms with E-state index >= 15 is 0 Å². The fraction of sp³-hybridized carbons (Fsp3) is 0.0833. The average molecular weight is 348 g/mol. The Balaban J connectivity index is 2.28. The first-order valence-electron chi connectivity index (χ1n) is 5.07. The van der Waals surface area contributed by atoms with Gasteiger partial charge < -0.3 is 10.5 Å². The topological polar surface area (TPSA) is 48.1 Å². The molecule has 0 radical (unpaired) electrons. The highest BCUT2D eigenvalue weighted by atomic mass is 79.9. The Labute approximate surface area is 123 Å². The second kappa shape index (κ2) is 5.89. The average Bonchev–Trinajstić information content (AvgIpc) is 2.34. The molecule has 18 heavy (non-hydrogen) atoms. The van der Waals surface area contributed by atoms with E-state index in [1.54, 1.807) is 30.5 Å². The van der Waals surface area contributed by atoms with E-state index in [-0.39, 0.29) is 0 Å². The molecule has 1 aromatic heterocycles. The molecule has 1 aromatic carbocycles. The fourth-order valence-electron chi connectivity index (χ4n) is 1.31. The largest absolute Gasteiger partial charge is 0.436 e. The van der Waals surface area contributed by atoms with Crippen molar-refractivity contribution in [1.82, 2.24) is 4.98 Å². The molecule has 6 heteroatoms. The van der Waals surface area contributed by atoms with Crippen LogP contribution in [-0.2, 0) is 6.54 Å². The van der Waals surface area contributed by atoms with Crippen LogP contribution in [0.25, 0.3) is 0 Å². The lowest BCUT2D eigenvalue weighted by molar-refractivity contribution is 0.460. The summed E-state index contributed by atoms with van der Waals surface area (Å²) in [6.07, 6.45) is 1.63. The lowest BCUT2D eigenvalue weighted by Gasteiger charge is -2.09. The second-order valence-corrected chi connectivity index (χ2v) is 5.21. The van der Waals surface area contributed by atoms with Crippen molar-refractivity contribution in [1.29, 1.82) is 0 Å². The monoisotopic (exact) mass is 346 g/mol. The zero-order chi connectivity index (χ0) is 13.1. The van der Waals surface area contributed by atoms with E-state index in [9.17, 15) is 0 Å². The Morgan fingerprint density at radius 3 is 2.67 bits per heavy atom. The summed E-state index contributed by atoms with van der Waals surface area (Å²) in [5, 5.41) is 1.03. The zero-order valence-electron chi connectivity index (χ0n) is 9.16. The van der Waals surface area contributed by atoms with Gasteiger partial charge in [-0.05, 0) is 45.8 Å². The predicted molar refractivity (Wildman–Crippen MR) is 76.4 cm³/mol. The normalized spacial score (nSPS) is 10.4. The molecule has 0 amide bonds. The summed E-state index contributed by atoms with van der Waals surface area (Å²) >= 11 is 15.3. The van der Waals surface area contributed by atoms with E-state index < -0.39 is 0 Å². The first-order valence-corrected chi connectivity index (χ1v) is 6.62. The van der Waals surface area contributed by atoms with Crippen LogP contribution < -0.4 is 10.5 Å². The molecule has 0 aliphatic carbocycles. The number of halogens is 3. The highest BCUT2D eigenvalue weighted by molar-refractivity contribution is 9.10. The van der Waals surface area contributed by atoms with Crippen LogP contribution in [0.15, 0.2) is 34.9 Å². The lowest BCUT2D eigenvalue weighted by Crippen LogP contribution is -1.98. The van der Waals surface area contributed by atoms with Gasteiger partial charge in [0.2, 0.25) is 5.88 Å². The lowest BCUT2D eigenvalue weighted by atomic mass is 10.3. The van der Waals surface area contributed by atoms with E-state index in [1.807, 2.05) is 0 Å². The van der Waals surface area contributed by atoms with Crippen LogP contribution in [0.3, 0.4) is 0 Å². The zero-order valence-corrected chi connectivity index (χ0v) is 12.3. The van der Waals surface area contributed by atoms with Crippen molar-refractivity contribution in [3.8, 4) is 11.6 Å². The maximum atomic E-state index is 6.06. The minimum Gasteiger partial charge on any atom is -0.436 e. The molecular weight excluding hydrogens is 339 g/mol. The molecular formula is C12H9BrCl2N2O. The van der Waals surface area contributed by atoms with Crippen molar-refractivity contribution < 1.29 is 4.74 Å². The molecule has 94 valence electrons. The molecule has 2 rings (SSSR count). The van der Waals surface area contributed by atoms with Gasteiger partial charge in [0.1, 0.15) is 10.8 Å². The van der Waals surface area contributed by atoms with Crippen molar-refractivity contribution in [3.05, 3.63) is 50.5 Å². The predicted octanol–water partition coefficient (Wildman–Crippen LogP) is 4.40. The summed E-state index contributed by atoms with van der Waals surface area (Å²) in [4.78, 5) is 4.12. The number of hydrogen-bond donors (Lipinski definition) is 1. The number of nitrogens with zero attached hydrogens (tertiary/aromatic N) is 1. The summed E-state index contributed by atoms with van der Waals surface area (Å²) in [5.74, 6) is 0.922. The van der Waals surface area contributed by atoms with Crippen LogP contribution in [0.5, 0.6) is 11.6 Å². The first kappa shape index (κ1) is 13.6. The van der Waals surface area contributed by atoms with Gasteiger partial charge in [-0.25, -0.2) is 4.98 Å². The van der Waals surface area contributed by atoms with E-state index in [2.05, 4.69) is 20.9 Å². The Morgan fingerprint density at radius 1 is 1.28 bits per heavy atom. The third kappa shape index (κ3) is 3.14.